The van der Waals surface area contributed by atoms with Gasteiger partial charge in [-0.05, 0) is 92.3 Å². The third-order valence-corrected chi connectivity index (χ3v) is 10.7. The first-order valence-electron chi connectivity index (χ1n) is 15.0. The van der Waals surface area contributed by atoms with Gasteiger partial charge in [-0.25, -0.2) is 9.97 Å². The van der Waals surface area contributed by atoms with Crippen LogP contribution in [-0.4, -0.2) is 9.97 Å². The summed E-state index contributed by atoms with van der Waals surface area (Å²) in [7, 11) is 0. The normalized spacial score (nSPS) is 11.9. The summed E-state index contributed by atoms with van der Waals surface area (Å²) in [6.07, 6.45) is 0. The molecule has 0 saturated carbocycles. The topological polar surface area (TPSA) is 52.1 Å². The molecule has 0 saturated heterocycles. The Bertz CT molecular complexity index is 2490. The zero-order valence-electron chi connectivity index (χ0n) is 24.2. The van der Waals surface area contributed by atoms with Gasteiger partial charge in [0.25, 0.3) is 0 Å². The molecule has 0 aliphatic rings. The highest BCUT2D eigenvalue weighted by molar-refractivity contribution is 7.22. The summed E-state index contributed by atoms with van der Waals surface area (Å²) >= 11 is 3.40. The SMILES string of the molecule is c1ccc(-c2ccc3cc(-c4nc5cc6cc7oc(-c8cc9ccc(-c%10ccccc%10)cc9s8)nc7cc6cc5o4)sc3c2)cc1. The van der Waals surface area contributed by atoms with Gasteiger partial charge in [0, 0.05) is 9.40 Å². The first-order chi connectivity index (χ1) is 22.7. The van der Waals surface area contributed by atoms with Crippen LogP contribution in [0.25, 0.3) is 96.9 Å². The van der Waals surface area contributed by atoms with E-state index in [-0.39, 0.29) is 0 Å². The molecule has 0 N–H and O–H groups in total. The molecular weight excluding hydrogens is 605 g/mol. The van der Waals surface area contributed by atoms with Gasteiger partial charge in [-0.2, -0.15) is 0 Å². The third-order valence-electron chi connectivity index (χ3n) is 8.53. The predicted molar refractivity (Wildman–Crippen MR) is 192 cm³/mol. The minimum Gasteiger partial charge on any atom is -0.435 e. The highest BCUT2D eigenvalue weighted by Gasteiger charge is 2.16. The molecule has 10 aromatic rings. The highest BCUT2D eigenvalue weighted by Crippen LogP contribution is 2.40. The fraction of sp³-hybridized carbons (Fsp3) is 0. The molecule has 216 valence electrons. The van der Waals surface area contributed by atoms with Crippen molar-refractivity contribution >= 4 is 75.8 Å². The molecule has 10 rings (SSSR count). The molecule has 6 aromatic carbocycles. The van der Waals surface area contributed by atoms with E-state index in [1.807, 2.05) is 12.1 Å². The lowest BCUT2D eigenvalue weighted by atomic mass is 10.1. The summed E-state index contributed by atoms with van der Waals surface area (Å²) in [5, 5.41) is 4.44. The summed E-state index contributed by atoms with van der Waals surface area (Å²) in [4.78, 5) is 11.8. The standard InChI is InChI=1S/C40H22N2O2S2/c1-3-7-23(8-4-1)25-11-13-27-21-37(45-35(27)19-25)39-41-31-15-29-18-34-32(16-30(29)17-33(31)43-39)42-40(44-34)38-22-28-14-12-26(20-36(28)46-38)24-9-5-2-6-10-24/h1-22H. The third kappa shape index (κ3) is 4.26. The molecule has 0 radical (unpaired) electrons. The second-order valence-corrected chi connectivity index (χ2v) is 13.7. The minimum atomic E-state index is 0.636. The first-order valence-corrected chi connectivity index (χ1v) is 16.7. The maximum Gasteiger partial charge on any atom is 0.237 e. The Morgan fingerprint density at radius 1 is 0.391 bits per heavy atom. The number of benzene rings is 6. The lowest BCUT2D eigenvalue weighted by molar-refractivity contribution is 0.621. The molecule has 0 atom stereocenters. The van der Waals surface area contributed by atoms with Crippen LogP contribution in [0.15, 0.2) is 142 Å². The van der Waals surface area contributed by atoms with Crippen LogP contribution < -0.4 is 0 Å². The van der Waals surface area contributed by atoms with Crippen molar-refractivity contribution in [2.24, 2.45) is 0 Å². The summed E-state index contributed by atoms with van der Waals surface area (Å²) in [5.74, 6) is 1.27. The van der Waals surface area contributed by atoms with Crippen molar-refractivity contribution in [3.05, 3.63) is 133 Å². The monoisotopic (exact) mass is 626 g/mol. The van der Waals surface area contributed by atoms with Gasteiger partial charge < -0.3 is 8.83 Å². The Labute approximate surface area is 270 Å². The average Bonchev–Trinajstić information content (AvgIpc) is 3.90. The Kier molecular flexibility index (Phi) is 5.58. The minimum absolute atomic E-state index is 0.636. The van der Waals surface area contributed by atoms with E-state index >= 15 is 0 Å². The predicted octanol–water partition coefficient (Wildman–Crippen LogP) is 12.2. The van der Waals surface area contributed by atoms with Gasteiger partial charge in [0.1, 0.15) is 11.0 Å². The lowest BCUT2D eigenvalue weighted by Crippen LogP contribution is -1.76. The molecule has 0 amide bonds. The molecule has 0 aliphatic carbocycles. The molecule has 0 aliphatic heterocycles. The van der Waals surface area contributed by atoms with E-state index in [1.54, 1.807) is 22.7 Å². The molecule has 4 nitrogen and oxygen atoms in total. The highest BCUT2D eigenvalue weighted by atomic mass is 32.1. The molecule has 0 bridgehead atoms. The largest absolute Gasteiger partial charge is 0.435 e. The number of thiophene rings is 2. The Morgan fingerprint density at radius 2 is 0.848 bits per heavy atom. The van der Waals surface area contributed by atoms with E-state index in [0.29, 0.717) is 11.8 Å². The molecule has 4 heterocycles. The van der Waals surface area contributed by atoms with Crippen LogP contribution in [0.5, 0.6) is 0 Å². The smallest absolute Gasteiger partial charge is 0.237 e. The van der Waals surface area contributed by atoms with Crippen molar-refractivity contribution in [3.8, 4) is 43.8 Å². The number of oxazole rings is 2. The van der Waals surface area contributed by atoms with Gasteiger partial charge in [0.2, 0.25) is 11.8 Å². The summed E-state index contributed by atoms with van der Waals surface area (Å²) < 4.78 is 15.1. The summed E-state index contributed by atoms with van der Waals surface area (Å²) in [6, 6.07) is 46.7. The molecule has 4 aromatic heterocycles. The van der Waals surface area contributed by atoms with Crippen LogP contribution in [0.2, 0.25) is 0 Å². The van der Waals surface area contributed by atoms with Crippen molar-refractivity contribution in [1.29, 1.82) is 0 Å². The molecule has 6 heteroatoms. The quantitative estimate of drug-likeness (QED) is 0.195. The molecular formula is C40H22N2O2S2. The lowest BCUT2D eigenvalue weighted by Gasteiger charge is -2.00. The van der Waals surface area contributed by atoms with Gasteiger partial charge in [0.05, 0.1) is 9.75 Å². The number of rotatable bonds is 4. The fourth-order valence-electron chi connectivity index (χ4n) is 6.20. The van der Waals surface area contributed by atoms with Crippen molar-refractivity contribution < 1.29 is 8.83 Å². The Hall–Kier alpha value is -5.56. The number of fused-ring (bicyclic) bond motifs is 5. The Morgan fingerprint density at radius 3 is 1.30 bits per heavy atom. The molecule has 0 fully saturated rings. The van der Waals surface area contributed by atoms with Crippen molar-refractivity contribution in [3.63, 3.8) is 0 Å². The van der Waals surface area contributed by atoms with E-state index < -0.39 is 0 Å². The van der Waals surface area contributed by atoms with Gasteiger partial charge in [-0.3, -0.25) is 0 Å². The van der Waals surface area contributed by atoms with E-state index in [2.05, 4.69) is 121 Å². The first kappa shape index (κ1) is 25.7. The van der Waals surface area contributed by atoms with Gasteiger partial charge in [-0.1, -0.05) is 84.9 Å². The van der Waals surface area contributed by atoms with Crippen LogP contribution in [0.1, 0.15) is 0 Å². The van der Waals surface area contributed by atoms with E-state index in [9.17, 15) is 0 Å². The number of nitrogens with zero attached hydrogens (tertiary/aromatic N) is 2. The molecule has 46 heavy (non-hydrogen) atoms. The number of hydrogen-bond acceptors (Lipinski definition) is 6. The van der Waals surface area contributed by atoms with Crippen LogP contribution in [-0.2, 0) is 0 Å². The van der Waals surface area contributed by atoms with E-state index in [0.717, 1.165) is 42.7 Å². The van der Waals surface area contributed by atoms with Crippen molar-refractivity contribution in [1.82, 2.24) is 9.97 Å². The summed E-state index contributed by atoms with van der Waals surface area (Å²) in [5.41, 5.74) is 7.98. The van der Waals surface area contributed by atoms with Gasteiger partial charge in [-0.15, -0.1) is 22.7 Å². The van der Waals surface area contributed by atoms with Crippen molar-refractivity contribution in [2.75, 3.05) is 0 Å². The fourth-order valence-corrected chi connectivity index (χ4v) is 8.26. The zero-order chi connectivity index (χ0) is 30.2. The van der Waals surface area contributed by atoms with Gasteiger partial charge >= 0.3 is 0 Å². The van der Waals surface area contributed by atoms with Crippen LogP contribution >= 0.6 is 22.7 Å². The summed E-state index contributed by atoms with van der Waals surface area (Å²) in [6.45, 7) is 0. The van der Waals surface area contributed by atoms with E-state index in [1.165, 1.54) is 42.4 Å². The maximum absolute atomic E-state index is 6.33. The second-order valence-electron chi connectivity index (χ2n) is 11.5. The molecule has 0 spiro atoms. The maximum atomic E-state index is 6.33. The Balaban J connectivity index is 0.996. The van der Waals surface area contributed by atoms with Crippen molar-refractivity contribution in [2.45, 2.75) is 0 Å². The van der Waals surface area contributed by atoms with E-state index in [4.69, 9.17) is 18.8 Å². The molecule has 0 unspecified atom stereocenters. The van der Waals surface area contributed by atoms with Crippen LogP contribution in [0.4, 0.5) is 0 Å². The van der Waals surface area contributed by atoms with Crippen LogP contribution in [0, 0.1) is 0 Å². The van der Waals surface area contributed by atoms with Gasteiger partial charge in [0.15, 0.2) is 11.2 Å². The number of aromatic nitrogens is 2. The second kappa shape index (κ2) is 9.97. The number of hydrogen-bond donors (Lipinski definition) is 0. The zero-order valence-corrected chi connectivity index (χ0v) is 25.9. The average molecular weight is 627 g/mol. The van der Waals surface area contributed by atoms with Crippen LogP contribution in [0.3, 0.4) is 0 Å².